The fourth-order valence-corrected chi connectivity index (χ4v) is 4.54. The molecule has 0 N–H and O–H groups in total. The molecular formula is C21H28N4O2. The van der Waals surface area contributed by atoms with E-state index in [0.29, 0.717) is 18.9 Å². The lowest BCUT2D eigenvalue weighted by Crippen LogP contribution is -2.54. The van der Waals surface area contributed by atoms with E-state index in [2.05, 4.69) is 14.8 Å². The molecule has 6 nitrogen and oxygen atoms in total. The highest BCUT2D eigenvalue weighted by atomic mass is 16.5. The number of hydrogen-bond donors (Lipinski definition) is 0. The maximum absolute atomic E-state index is 12.4. The molecule has 4 rings (SSSR count). The number of carbonyl (C=O) groups is 1. The first-order chi connectivity index (χ1) is 13.2. The quantitative estimate of drug-likeness (QED) is 0.760. The van der Waals surface area contributed by atoms with Gasteiger partial charge in [0.25, 0.3) is 0 Å². The van der Waals surface area contributed by atoms with Crippen LogP contribution in [-0.2, 0) is 9.53 Å². The molecular weight excluding hydrogens is 340 g/mol. The van der Waals surface area contributed by atoms with Crippen LogP contribution < -0.4 is 4.90 Å². The van der Waals surface area contributed by atoms with Crippen molar-refractivity contribution in [3.63, 3.8) is 0 Å². The van der Waals surface area contributed by atoms with E-state index in [4.69, 9.17) is 9.72 Å². The second-order valence-corrected chi connectivity index (χ2v) is 7.90. The van der Waals surface area contributed by atoms with Crippen molar-refractivity contribution in [2.45, 2.75) is 32.1 Å². The van der Waals surface area contributed by atoms with E-state index in [1.165, 1.54) is 6.42 Å². The van der Waals surface area contributed by atoms with Gasteiger partial charge in [-0.1, -0.05) is 12.1 Å². The summed E-state index contributed by atoms with van der Waals surface area (Å²) >= 11 is 0. The molecule has 1 aromatic heterocycles. The van der Waals surface area contributed by atoms with Crippen molar-refractivity contribution in [3.05, 3.63) is 30.5 Å². The van der Waals surface area contributed by atoms with E-state index in [1.54, 1.807) is 7.11 Å². The molecule has 0 saturated carbocycles. The number of nitrogens with zero attached hydrogens (tertiary/aromatic N) is 4. The second-order valence-electron chi connectivity index (χ2n) is 7.90. The lowest BCUT2D eigenvalue weighted by Gasteiger charge is -2.48. The zero-order valence-corrected chi connectivity index (χ0v) is 16.1. The summed E-state index contributed by atoms with van der Waals surface area (Å²) < 4.78 is 5.15. The standard InChI is InChI=1S/C21H28N4O2/c1-27-13-5-12-25-16-21(10-8-20(25)26)9-4-11-24(15-21)19-14-22-17-6-2-3-7-18(17)23-19/h2-3,6-7,14H,4-5,8-13,15-16H2,1H3/t21-/m1/s1. The van der Waals surface area contributed by atoms with Crippen LogP contribution in [-0.4, -0.2) is 60.7 Å². The monoisotopic (exact) mass is 368 g/mol. The number of anilines is 1. The van der Waals surface area contributed by atoms with Crippen LogP contribution in [0.25, 0.3) is 11.0 Å². The van der Waals surface area contributed by atoms with Crippen molar-refractivity contribution in [1.82, 2.24) is 14.9 Å². The Hall–Kier alpha value is -2.21. The number of methoxy groups -OCH3 is 1. The minimum atomic E-state index is 0.173. The van der Waals surface area contributed by atoms with E-state index in [1.807, 2.05) is 30.5 Å². The van der Waals surface area contributed by atoms with Gasteiger partial charge in [0.05, 0.1) is 17.2 Å². The van der Waals surface area contributed by atoms with Gasteiger partial charge in [-0.15, -0.1) is 0 Å². The first kappa shape index (κ1) is 18.2. The van der Waals surface area contributed by atoms with E-state index in [-0.39, 0.29) is 5.41 Å². The first-order valence-electron chi connectivity index (χ1n) is 9.93. The van der Waals surface area contributed by atoms with Crippen molar-refractivity contribution >= 4 is 22.8 Å². The van der Waals surface area contributed by atoms with Crippen molar-refractivity contribution in [2.24, 2.45) is 5.41 Å². The predicted octanol–water partition coefficient (Wildman–Crippen LogP) is 2.88. The topological polar surface area (TPSA) is 58.6 Å². The van der Waals surface area contributed by atoms with E-state index >= 15 is 0 Å². The fourth-order valence-electron chi connectivity index (χ4n) is 4.54. The van der Waals surface area contributed by atoms with E-state index in [9.17, 15) is 4.79 Å². The Morgan fingerprint density at radius 3 is 2.89 bits per heavy atom. The van der Waals surface area contributed by atoms with Gasteiger partial charge >= 0.3 is 0 Å². The number of piperidine rings is 2. The Balaban J connectivity index is 1.50. The third-order valence-electron chi connectivity index (χ3n) is 5.95. The van der Waals surface area contributed by atoms with Crippen LogP contribution in [0.15, 0.2) is 30.5 Å². The summed E-state index contributed by atoms with van der Waals surface area (Å²) in [5, 5.41) is 0. The van der Waals surface area contributed by atoms with Gasteiger partial charge in [-0.3, -0.25) is 9.78 Å². The largest absolute Gasteiger partial charge is 0.385 e. The Bertz CT molecular complexity index is 812. The number of likely N-dealkylation sites (tertiary alicyclic amines) is 1. The summed E-state index contributed by atoms with van der Waals surface area (Å²) in [5.74, 6) is 1.25. The molecule has 0 aliphatic carbocycles. The molecule has 0 unspecified atom stereocenters. The predicted molar refractivity (Wildman–Crippen MR) is 106 cm³/mol. The van der Waals surface area contributed by atoms with Gasteiger partial charge in [-0.05, 0) is 37.8 Å². The number of ether oxygens (including phenoxy) is 1. The molecule has 0 bridgehead atoms. The average Bonchev–Trinajstić information content (AvgIpc) is 2.71. The molecule has 0 radical (unpaired) electrons. The van der Waals surface area contributed by atoms with Gasteiger partial charge < -0.3 is 14.5 Å². The minimum Gasteiger partial charge on any atom is -0.385 e. The van der Waals surface area contributed by atoms with Crippen molar-refractivity contribution in [3.8, 4) is 0 Å². The smallest absolute Gasteiger partial charge is 0.222 e. The fraction of sp³-hybridized carbons (Fsp3) is 0.571. The van der Waals surface area contributed by atoms with Crippen LogP contribution in [0.2, 0.25) is 0 Å². The van der Waals surface area contributed by atoms with E-state index in [0.717, 1.165) is 62.3 Å². The number of fused-ring (bicyclic) bond motifs is 1. The highest BCUT2D eigenvalue weighted by molar-refractivity contribution is 5.77. The number of carbonyl (C=O) groups excluding carboxylic acids is 1. The Morgan fingerprint density at radius 2 is 2.04 bits per heavy atom. The molecule has 2 fully saturated rings. The summed E-state index contributed by atoms with van der Waals surface area (Å²) in [6.07, 6.45) is 6.74. The Labute approximate surface area is 160 Å². The highest BCUT2D eigenvalue weighted by Crippen LogP contribution is 2.40. The summed E-state index contributed by atoms with van der Waals surface area (Å²) in [5.41, 5.74) is 2.04. The molecule has 2 aromatic rings. The van der Waals surface area contributed by atoms with Gasteiger partial charge in [0.2, 0.25) is 5.91 Å². The lowest BCUT2D eigenvalue weighted by atomic mass is 9.73. The zero-order valence-electron chi connectivity index (χ0n) is 16.1. The Kier molecular flexibility index (Phi) is 5.25. The van der Waals surface area contributed by atoms with Crippen LogP contribution in [0.4, 0.5) is 5.82 Å². The van der Waals surface area contributed by atoms with Gasteiger partial charge in [0.15, 0.2) is 0 Å². The molecule has 2 aliphatic rings. The highest BCUT2D eigenvalue weighted by Gasteiger charge is 2.41. The van der Waals surface area contributed by atoms with Crippen LogP contribution >= 0.6 is 0 Å². The number of aromatic nitrogens is 2. The Morgan fingerprint density at radius 1 is 1.19 bits per heavy atom. The van der Waals surface area contributed by atoms with Crippen molar-refractivity contribution < 1.29 is 9.53 Å². The number of amides is 1. The molecule has 144 valence electrons. The maximum atomic E-state index is 12.4. The summed E-state index contributed by atoms with van der Waals surface area (Å²) in [6, 6.07) is 8.00. The van der Waals surface area contributed by atoms with Crippen LogP contribution in [0, 0.1) is 5.41 Å². The second kappa shape index (κ2) is 7.80. The number of benzene rings is 1. The molecule has 1 amide bonds. The van der Waals surface area contributed by atoms with Crippen LogP contribution in [0.5, 0.6) is 0 Å². The zero-order chi connectivity index (χ0) is 18.7. The van der Waals surface area contributed by atoms with E-state index < -0.39 is 0 Å². The number of para-hydroxylation sites is 2. The van der Waals surface area contributed by atoms with Gasteiger partial charge in [0, 0.05) is 51.7 Å². The molecule has 1 atom stereocenters. The summed E-state index contributed by atoms with van der Waals surface area (Å²) in [7, 11) is 1.71. The minimum absolute atomic E-state index is 0.173. The lowest BCUT2D eigenvalue weighted by molar-refractivity contribution is -0.138. The molecule has 1 aromatic carbocycles. The average molecular weight is 368 g/mol. The maximum Gasteiger partial charge on any atom is 0.222 e. The molecule has 27 heavy (non-hydrogen) atoms. The van der Waals surface area contributed by atoms with Crippen LogP contribution in [0.3, 0.4) is 0 Å². The molecule has 2 saturated heterocycles. The van der Waals surface area contributed by atoms with Gasteiger partial charge in [0.1, 0.15) is 5.82 Å². The van der Waals surface area contributed by atoms with Crippen LogP contribution in [0.1, 0.15) is 32.1 Å². The normalized spacial score (nSPS) is 23.4. The van der Waals surface area contributed by atoms with Gasteiger partial charge in [-0.2, -0.15) is 0 Å². The molecule has 6 heteroatoms. The third-order valence-corrected chi connectivity index (χ3v) is 5.95. The molecule has 3 heterocycles. The summed E-state index contributed by atoms with van der Waals surface area (Å²) in [4.78, 5) is 26.2. The van der Waals surface area contributed by atoms with Crippen molar-refractivity contribution in [2.75, 3.05) is 44.8 Å². The molecule has 1 spiro atoms. The third kappa shape index (κ3) is 3.90. The number of hydrogen-bond acceptors (Lipinski definition) is 5. The molecule has 2 aliphatic heterocycles. The number of rotatable bonds is 5. The SMILES string of the molecule is COCCCN1C[C@]2(CCCN(c3cnc4ccccc4n3)C2)CCC1=O. The summed E-state index contributed by atoms with van der Waals surface area (Å²) in [6.45, 7) is 4.31. The first-order valence-corrected chi connectivity index (χ1v) is 9.93. The van der Waals surface area contributed by atoms with Crippen molar-refractivity contribution in [1.29, 1.82) is 0 Å². The van der Waals surface area contributed by atoms with Gasteiger partial charge in [-0.25, -0.2) is 4.98 Å².